The molecule has 0 saturated carbocycles. The van der Waals surface area contributed by atoms with Crippen LogP contribution in [0.15, 0.2) is 71.2 Å². The first-order valence-corrected chi connectivity index (χ1v) is 12.5. The van der Waals surface area contributed by atoms with E-state index in [9.17, 15) is 9.59 Å². The lowest BCUT2D eigenvalue weighted by molar-refractivity contribution is -0.122. The van der Waals surface area contributed by atoms with Crippen molar-refractivity contribution < 1.29 is 19.1 Å². The fourth-order valence-electron chi connectivity index (χ4n) is 3.44. The minimum Gasteiger partial charge on any atom is -0.490 e. The number of hydrazine groups is 1. The Morgan fingerprint density at radius 1 is 1.00 bits per heavy atom. The maximum atomic E-state index is 13.3. The molecule has 0 fully saturated rings. The average Bonchev–Trinajstić information content (AvgIpc) is 2.87. The molecule has 2 amide bonds. The molecule has 0 radical (unpaired) electrons. The van der Waals surface area contributed by atoms with Gasteiger partial charge in [-0.05, 0) is 90.8 Å². The van der Waals surface area contributed by atoms with Gasteiger partial charge in [0.1, 0.15) is 11.9 Å². The molecule has 6 N–H and O–H groups in total. The number of amidine groups is 1. The molecule has 3 aromatic rings. The van der Waals surface area contributed by atoms with Crippen molar-refractivity contribution in [1.29, 1.82) is 5.41 Å². The van der Waals surface area contributed by atoms with Gasteiger partial charge in [0, 0.05) is 15.7 Å². The van der Waals surface area contributed by atoms with E-state index in [0.717, 1.165) is 0 Å². The minimum absolute atomic E-state index is 0.0577. The molecule has 0 aliphatic carbocycles. The number of anilines is 1. The molecule has 3 rings (SSSR count). The molecule has 0 saturated heterocycles. The molecular formula is C27H30BrN5O4. The van der Waals surface area contributed by atoms with E-state index in [1.807, 2.05) is 20.8 Å². The predicted octanol–water partition coefficient (Wildman–Crippen LogP) is 4.53. The van der Waals surface area contributed by atoms with Gasteiger partial charge in [0.15, 0.2) is 11.5 Å². The van der Waals surface area contributed by atoms with Gasteiger partial charge < -0.3 is 20.5 Å². The van der Waals surface area contributed by atoms with Gasteiger partial charge in [0.05, 0.1) is 18.3 Å². The third-order valence-electron chi connectivity index (χ3n) is 5.15. The molecular weight excluding hydrogens is 538 g/mol. The van der Waals surface area contributed by atoms with E-state index in [4.69, 9.17) is 20.6 Å². The molecule has 0 aliphatic rings. The predicted molar refractivity (Wildman–Crippen MR) is 147 cm³/mol. The number of hydrogen-bond acceptors (Lipinski definition) is 6. The molecule has 0 bridgehead atoms. The van der Waals surface area contributed by atoms with Crippen molar-refractivity contribution in [2.75, 3.05) is 11.9 Å². The van der Waals surface area contributed by atoms with Gasteiger partial charge in [0.2, 0.25) is 0 Å². The summed E-state index contributed by atoms with van der Waals surface area (Å²) in [5, 5.41) is 10.8. The van der Waals surface area contributed by atoms with Gasteiger partial charge in [0.25, 0.3) is 11.8 Å². The van der Waals surface area contributed by atoms with E-state index in [-0.39, 0.29) is 11.9 Å². The van der Waals surface area contributed by atoms with Crippen LogP contribution in [0.5, 0.6) is 11.5 Å². The molecule has 3 aromatic carbocycles. The molecule has 1 unspecified atom stereocenters. The highest BCUT2D eigenvalue weighted by molar-refractivity contribution is 9.10. The summed E-state index contributed by atoms with van der Waals surface area (Å²) in [5.41, 5.74) is 12.7. The van der Waals surface area contributed by atoms with E-state index in [1.54, 1.807) is 66.7 Å². The van der Waals surface area contributed by atoms with E-state index >= 15 is 0 Å². The number of halogens is 1. The molecule has 0 aliphatic heterocycles. The second-order valence-corrected chi connectivity index (χ2v) is 9.15. The van der Waals surface area contributed by atoms with Crippen molar-refractivity contribution in [3.63, 3.8) is 0 Å². The molecule has 1 atom stereocenters. The second kappa shape index (κ2) is 12.8. The van der Waals surface area contributed by atoms with Crippen molar-refractivity contribution in [2.24, 2.45) is 5.73 Å². The zero-order chi connectivity index (χ0) is 26.9. The van der Waals surface area contributed by atoms with Gasteiger partial charge >= 0.3 is 0 Å². The zero-order valence-electron chi connectivity index (χ0n) is 20.8. The Balaban J connectivity index is 1.89. The summed E-state index contributed by atoms with van der Waals surface area (Å²) in [5.74, 6) is 0.0279. The lowest BCUT2D eigenvalue weighted by atomic mass is 10.0. The normalized spacial score (nSPS) is 11.4. The topological polar surface area (TPSA) is 139 Å². The Morgan fingerprint density at radius 2 is 1.70 bits per heavy atom. The number of ether oxygens (including phenoxy) is 2. The molecule has 194 valence electrons. The summed E-state index contributed by atoms with van der Waals surface area (Å²) >= 11 is 3.34. The summed E-state index contributed by atoms with van der Waals surface area (Å²) in [6.07, 6.45) is -0.0606. The highest BCUT2D eigenvalue weighted by Crippen LogP contribution is 2.33. The van der Waals surface area contributed by atoms with Crippen LogP contribution in [0.2, 0.25) is 0 Å². The molecule has 0 spiro atoms. The number of carbonyl (C=O) groups excluding carboxylic acids is 2. The summed E-state index contributed by atoms with van der Waals surface area (Å²) in [7, 11) is 0. The van der Waals surface area contributed by atoms with Gasteiger partial charge in [-0.15, -0.1) is 0 Å². The highest BCUT2D eigenvalue weighted by Gasteiger charge is 2.24. The molecule has 37 heavy (non-hydrogen) atoms. The standard InChI is InChI=1S/C27H30BrN5O4/c1-4-36-23-15-18(11-14-22(23)37-16(2)3)24(31-19-12-9-17(10-13-19)25(29)30)27(35)33-32-26(34)20-7-5-6-8-21(20)28/h5-16,24,31H,4H2,1-3H3,(H3,29,30)(H,32,34)(H,33,35). The summed E-state index contributed by atoms with van der Waals surface area (Å²) in [6.45, 7) is 6.11. The maximum absolute atomic E-state index is 13.3. The number of nitrogens with two attached hydrogens (primary N) is 1. The third-order valence-corrected chi connectivity index (χ3v) is 5.84. The second-order valence-electron chi connectivity index (χ2n) is 8.30. The van der Waals surface area contributed by atoms with Gasteiger partial charge in [-0.1, -0.05) is 18.2 Å². The van der Waals surface area contributed by atoms with E-state index in [2.05, 4.69) is 32.1 Å². The SMILES string of the molecule is CCOc1cc(C(Nc2ccc(C(=N)N)cc2)C(=O)NNC(=O)c2ccccc2Br)ccc1OC(C)C. The van der Waals surface area contributed by atoms with Crippen LogP contribution in [0.3, 0.4) is 0 Å². The number of nitrogen functional groups attached to an aromatic ring is 1. The Morgan fingerprint density at radius 3 is 2.32 bits per heavy atom. The lowest BCUT2D eigenvalue weighted by Crippen LogP contribution is -2.45. The fraction of sp³-hybridized carbons (Fsp3) is 0.222. The third kappa shape index (κ3) is 7.47. The highest BCUT2D eigenvalue weighted by atomic mass is 79.9. The summed E-state index contributed by atoms with van der Waals surface area (Å²) in [6, 6.07) is 18.0. The van der Waals surface area contributed by atoms with E-state index in [0.29, 0.717) is 45.0 Å². The summed E-state index contributed by atoms with van der Waals surface area (Å²) < 4.78 is 12.2. The molecule has 0 heterocycles. The first kappa shape index (κ1) is 27.5. The van der Waals surface area contributed by atoms with E-state index < -0.39 is 17.9 Å². The average molecular weight is 568 g/mol. The number of benzene rings is 3. The molecule has 9 nitrogen and oxygen atoms in total. The van der Waals surface area contributed by atoms with Crippen LogP contribution in [0.4, 0.5) is 5.69 Å². The van der Waals surface area contributed by atoms with Crippen LogP contribution >= 0.6 is 15.9 Å². The van der Waals surface area contributed by atoms with Crippen molar-refractivity contribution >= 4 is 39.3 Å². The number of rotatable bonds is 10. The van der Waals surface area contributed by atoms with E-state index in [1.165, 1.54) is 0 Å². The summed E-state index contributed by atoms with van der Waals surface area (Å²) in [4.78, 5) is 26.0. The molecule has 0 aromatic heterocycles. The first-order chi connectivity index (χ1) is 17.7. The number of carbonyl (C=O) groups is 2. The van der Waals surface area contributed by atoms with Crippen molar-refractivity contribution in [3.05, 3.63) is 87.9 Å². The van der Waals surface area contributed by atoms with Crippen LogP contribution in [-0.4, -0.2) is 30.4 Å². The maximum Gasteiger partial charge on any atom is 0.270 e. The Kier molecular flexibility index (Phi) is 9.51. The smallest absolute Gasteiger partial charge is 0.270 e. The number of nitrogens with one attached hydrogen (secondary N) is 4. The lowest BCUT2D eigenvalue weighted by Gasteiger charge is -2.22. The Bertz CT molecular complexity index is 1260. The van der Waals surface area contributed by atoms with Gasteiger partial charge in [-0.2, -0.15) is 0 Å². The van der Waals surface area contributed by atoms with Gasteiger partial charge in [-0.25, -0.2) is 0 Å². The van der Waals surface area contributed by atoms with Crippen LogP contribution < -0.4 is 31.4 Å². The Hall–Kier alpha value is -4.05. The fourth-order valence-corrected chi connectivity index (χ4v) is 3.90. The quantitative estimate of drug-likeness (QED) is 0.138. The van der Waals surface area contributed by atoms with Crippen LogP contribution in [-0.2, 0) is 4.79 Å². The number of hydrogen-bond donors (Lipinski definition) is 5. The number of amides is 2. The monoisotopic (exact) mass is 567 g/mol. The Labute approximate surface area is 224 Å². The van der Waals surface area contributed by atoms with Gasteiger partial charge in [-0.3, -0.25) is 25.8 Å². The van der Waals surface area contributed by atoms with Crippen LogP contribution in [0, 0.1) is 5.41 Å². The van der Waals surface area contributed by atoms with Crippen molar-refractivity contribution in [2.45, 2.75) is 32.9 Å². The van der Waals surface area contributed by atoms with Crippen molar-refractivity contribution in [1.82, 2.24) is 10.9 Å². The zero-order valence-corrected chi connectivity index (χ0v) is 22.4. The molecule has 10 heteroatoms. The minimum atomic E-state index is -0.907. The van der Waals surface area contributed by atoms with Crippen molar-refractivity contribution in [3.8, 4) is 11.5 Å². The first-order valence-electron chi connectivity index (χ1n) is 11.7. The van der Waals surface area contributed by atoms with Crippen LogP contribution in [0.1, 0.15) is 48.3 Å². The van der Waals surface area contributed by atoms with Crippen LogP contribution in [0.25, 0.3) is 0 Å². The largest absolute Gasteiger partial charge is 0.490 e.